The molecule has 2 aliphatic rings. The fraction of sp³-hybridized carbons (Fsp3) is 0.333. The molecule has 106 valence electrons. The molecule has 0 aromatic rings. The molecule has 0 aromatic carbocycles. The number of carbonyl (C=O) groups is 2. The van der Waals surface area contributed by atoms with E-state index in [2.05, 4.69) is 0 Å². The Kier molecular flexibility index (Phi) is 5.24. The van der Waals surface area contributed by atoms with Gasteiger partial charge < -0.3 is 4.84 Å². The van der Waals surface area contributed by atoms with Crippen LogP contribution in [0.5, 0.6) is 0 Å². The number of thioether (sulfide) groups is 1. The van der Waals surface area contributed by atoms with E-state index in [1.807, 2.05) is 25.2 Å². The van der Waals surface area contributed by atoms with Gasteiger partial charge in [0.15, 0.2) is 5.76 Å². The van der Waals surface area contributed by atoms with Crippen molar-refractivity contribution >= 4 is 23.6 Å². The minimum absolute atomic E-state index is 0.218. The average Bonchev–Trinajstić information content (AvgIpc) is 2.66. The largest absolute Gasteiger partial charge is 0.369 e. The molecule has 5 heteroatoms. The van der Waals surface area contributed by atoms with Crippen LogP contribution in [-0.2, 0) is 14.4 Å². The van der Waals surface area contributed by atoms with Gasteiger partial charge in [0.25, 0.3) is 11.8 Å². The van der Waals surface area contributed by atoms with Crippen molar-refractivity contribution in [3.8, 4) is 0 Å². The van der Waals surface area contributed by atoms with Crippen LogP contribution < -0.4 is 0 Å². The summed E-state index contributed by atoms with van der Waals surface area (Å²) in [5.41, 5.74) is 0. The quantitative estimate of drug-likeness (QED) is 0.731. The summed E-state index contributed by atoms with van der Waals surface area (Å²) in [6, 6.07) is 0. The highest BCUT2D eigenvalue weighted by molar-refractivity contribution is 8.00. The lowest BCUT2D eigenvalue weighted by Gasteiger charge is -2.15. The van der Waals surface area contributed by atoms with Gasteiger partial charge in [-0.1, -0.05) is 37.3 Å². The molecule has 1 unspecified atom stereocenters. The van der Waals surface area contributed by atoms with Crippen molar-refractivity contribution in [1.82, 2.24) is 5.06 Å². The van der Waals surface area contributed by atoms with E-state index in [-0.39, 0.29) is 23.5 Å². The van der Waals surface area contributed by atoms with Crippen LogP contribution in [0.15, 0.2) is 48.3 Å². The normalized spacial score (nSPS) is 29.4. The summed E-state index contributed by atoms with van der Waals surface area (Å²) in [6.45, 7) is 2.05. The summed E-state index contributed by atoms with van der Waals surface area (Å²) >= 11 is 1.51. The average molecular weight is 291 g/mol. The number of allylic oxidation sites excluding steroid dienone is 7. The number of nitrogens with zero attached hydrogens (tertiary/aromatic N) is 1. The molecular weight excluding hydrogens is 274 g/mol. The number of imide groups is 1. The van der Waals surface area contributed by atoms with E-state index in [1.54, 1.807) is 24.3 Å². The van der Waals surface area contributed by atoms with Crippen molar-refractivity contribution < 1.29 is 14.4 Å². The second-order valence-electron chi connectivity index (χ2n) is 4.38. The molecule has 4 nitrogen and oxygen atoms in total. The number of rotatable bonds is 5. The van der Waals surface area contributed by atoms with Gasteiger partial charge >= 0.3 is 0 Å². The molecule has 1 fully saturated rings. The van der Waals surface area contributed by atoms with Gasteiger partial charge in [0.05, 0.1) is 11.7 Å². The van der Waals surface area contributed by atoms with Crippen LogP contribution in [-0.4, -0.2) is 27.9 Å². The lowest BCUT2D eigenvalue weighted by atomic mass is 10.3. The van der Waals surface area contributed by atoms with Gasteiger partial charge in [-0.3, -0.25) is 9.59 Å². The Morgan fingerprint density at radius 3 is 2.80 bits per heavy atom. The maximum Gasteiger partial charge on any atom is 0.276 e. The van der Waals surface area contributed by atoms with E-state index in [4.69, 9.17) is 4.84 Å². The highest BCUT2D eigenvalue weighted by Crippen LogP contribution is 2.27. The SMILES string of the molecule is CCCSC1CC(=O)N(OC2=C/C=C\C=C/C=C\2)C1=O. The van der Waals surface area contributed by atoms with Crippen molar-refractivity contribution in [2.75, 3.05) is 5.75 Å². The maximum absolute atomic E-state index is 12.1. The van der Waals surface area contributed by atoms with E-state index in [1.165, 1.54) is 11.8 Å². The molecule has 1 aliphatic carbocycles. The van der Waals surface area contributed by atoms with Gasteiger partial charge in [-0.2, -0.15) is 0 Å². The van der Waals surface area contributed by atoms with Crippen LogP contribution in [0.25, 0.3) is 0 Å². The lowest BCUT2D eigenvalue weighted by molar-refractivity contribution is -0.175. The van der Waals surface area contributed by atoms with Crippen LogP contribution >= 0.6 is 11.8 Å². The Labute approximate surface area is 122 Å². The zero-order chi connectivity index (χ0) is 14.4. The molecule has 20 heavy (non-hydrogen) atoms. The van der Waals surface area contributed by atoms with E-state index >= 15 is 0 Å². The van der Waals surface area contributed by atoms with E-state index in [0.717, 1.165) is 17.2 Å². The monoisotopic (exact) mass is 291 g/mol. The van der Waals surface area contributed by atoms with Crippen molar-refractivity contribution in [3.63, 3.8) is 0 Å². The van der Waals surface area contributed by atoms with Crippen molar-refractivity contribution in [2.45, 2.75) is 25.0 Å². The van der Waals surface area contributed by atoms with E-state index < -0.39 is 0 Å². The molecule has 1 aliphatic heterocycles. The minimum atomic E-state index is -0.309. The van der Waals surface area contributed by atoms with Crippen LogP contribution in [0.3, 0.4) is 0 Å². The third kappa shape index (κ3) is 3.63. The molecule has 1 atom stereocenters. The lowest BCUT2D eigenvalue weighted by Crippen LogP contribution is -2.31. The zero-order valence-corrected chi connectivity index (χ0v) is 12.1. The Hall–Kier alpha value is -1.75. The molecule has 1 saturated heterocycles. The number of carbonyl (C=O) groups excluding carboxylic acids is 2. The summed E-state index contributed by atoms with van der Waals surface area (Å²) in [7, 11) is 0. The predicted octanol–water partition coefficient (Wildman–Crippen LogP) is 2.75. The first kappa shape index (κ1) is 14.7. The Morgan fingerprint density at radius 1 is 1.25 bits per heavy atom. The van der Waals surface area contributed by atoms with Crippen LogP contribution in [0.1, 0.15) is 19.8 Å². The molecular formula is C15H17NO3S. The first-order valence-electron chi connectivity index (χ1n) is 6.60. The molecule has 0 aromatic heterocycles. The minimum Gasteiger partial charge on any atom is -0.369 e. The molecule has 0 spiro atoms. The molecule has 0 bridgehead atoms. The van der Waals surface area contributed by atoms with Crippen molar-refractivity contribution in [2.24, 2.45) is 0 Å². The van der Waals surface area contributed by atoms with Gasteiger partial charge in [-0.15, -0.1) is 16.8 Å². The molecule has 0 saturated carbocycles. The summed E-state index contributed by atoms with van der Waals surface area (Å²) in [6.07, 6.45) is 13.8. The fourth-order valence-electron chi connectivity index (χ4n) is 1.78. The van der Waals surface area contributed by atoms with Crippen LogP contribution in [0.2, 0.25) is 0 Å². The topological polar surface area (TPSA) is 46.6 Å². The maximum atomic E-state index is 12.1. The zero-order valence-electron chi connectivity index (χ0n) is 11.3. The molecule has 2 rings (SSSR count). The van der Waals surface area contributed by atoms with Gasteiger partial charge in [-0.25, -0.2) is 0 Å². The van der Waals surface area contributed by atoms with Gasteiger partial charge in [0, 0.05) is 0 Å². The molecule has 1 heterocycles. The Balaban J connectivity index is 2.02. The summed E-state index contributed by atoms with van der Waals surface area (Å²) in [4.78, 5) is 29.4. The smallest absolute Gasteiger partial charge is 0.276 e. The molecule has 0 radical (unpaired) electrons. The standard InChI is InChI=1S/C15H17NO3S/c1-2-10-20-13-11-14(17)16(15(13)18)19-12-8-6-4-3-5-7-9-12/h3-9,13H,2,10-11H2,1H3/b4-3-,5-3?,6-4?,7-5-,8-6-,9-7?,12-8?,12-9+. The number of hydrogen-bond acceptors (Lipinski definition) is 4. The molecule has 2 amide bonds. The van der Waals surface area contributed by atoms with E-state index in [9.17, 15) is 9.59 Å². The first-order valence-corrected chi connectivity index (χ1v) is 7.65. The van der Waals surface area contributed by atoms with Crippen molar-refractivity contribution in [3.05, 3.63) is 48.3 Å². The second kappa shape index (κ2) is 7.14. The second-order valence-corrected chi connectivity index (χ2v) is 5.69. The van der Waals surface area contributed by atoms with Crippen molar-refractivity contribution in [1.29, 1.82) is 0 Å². The highest BCUT2D eigenvalue weighted by atomic mass is 32.2. The number of hydroxylamine groups is 2. The summed E-state index contributed by atoms with van der Waals surface area (Å²) in [5, 5.41) is 0.582. The van der Waals surface area contributed by atoms with Gasteiger partial charge in [0.1, 0.15) is 0 Å². The predicted molar refractivity (Wildman–Crippen MR) is 79.6 cm³/mol. The summed E-state index contributed by atoms with van der Waals surface area (Å²) in [5.74, 6) is 0.797. The Bertz CT molecular complexity index is 505. The van der Waals surface area contributed by atoms with Crippen LogP contribution in [0.4, 0.5) is 0 Å². The third-order valence-electron chi connectivity index (χ3n) is 2.75. The Morgan fingerprint density at radius 2 is 2.00 bits per heavy atom. The fourth-order valence-corrected chi connectivity index (χ4v) is 2.80. The van der Waals surface area contributed by atoms with Crippen LogP contribution in [0, 0.1) is 0 Å². The van der Waals surface area contributed by atoms with Gasteiger partial charge in [0.2, 0.25) is 0 Å². The van der Waals surface area contributed by atoms with Gasteiger partial charge in [-0.05, 0) is 24.3 Å². The number of hydrogen-bond donors (Lipinski definition) is 0. The highest BCUT2D eigenvalue weighted by Gasteiger charge is 2.40. The number of amides is 2. The third-order valence-corrected chi connectivity index (χ3v) is 4.16. The summed E-state index contributed by atoms with van der Waals surface area (Å²) < 4.78 is 0. The first-order chi connectivity index (χ1) is 9.72. The van der Waals surface area contributed by atoms with E-state index in [0.29, 0.717) is 5.76 Å². The molecule has 0 N–H and O–H groups in total.